The lowest BCUT2D eigenvalue weighted by molar-refractivity contribution is 0.0712. The van der Waals surface area contributed by atoms with Crippen LogP contribution in [0.2, 0.25) is 0 Å². The summed E-state index contributed by atoms with van der Waals surface area (Å²) in [4.78, 5) is 12.1. The van der Waals surface area contributed by atoms with Gasteiger partial charge >= 0.3 is 0 Å². The average molecular weight is 377 g/mol. The van der Waals surface area contributed by atoms with E-state index in [2.05, 4.69) is 21.2 Å². The standard InChI is InChI=1S/C13H17BrN2O4S/c1-8(12-3-2-4-20-12)16-13(17)9-5-10(14)7-11(6-9)21(15,18)19/h5-8,12H,2-4H2,1H3,(H,16,17)(H2,15,18,19). The van der Waals surface area contributed by atoms with Crippen LogP contribution in [-0.2, 0) is 14.8 Å². The Kier molecular flexibility index (Phi) is 5.03. The Balaban J connectivity index is 2.17. The Morgan fingerprint density at radius 1 is 1.48 bits per heavy atom. The van der Waals surface area contributed by atoms with E-state index in [1.54, 1.807) is 6.07 Å². The maximum atomic E-state index is 12.2. The summed E-state index contributed by atoms with van der Waals surface area (Å²) in [6.07, 6.45) is 1.89. The molecule has 1 aromatic carbocycles. The number of nitrogens with one attached hydrogen (secondary N) is 1. The molecule has 3 N–H and O–H groups in total. The molecular weight excluding hydrogens is 360 g/mol. The molecule has 0 aromatic heterocycles. The first kappa shape index (κ1) is 16.4. The summed E-state index contributed by atoms with van der Waals surface area (Å²) in [5, 5.41) is 7.92. The first-order valence-electron chi connectivity index (χ1n) is 6.53. The van der Waals surface area contributed by atoms with Crippen LogP contribution in [0.15, 0.2) is 27.6 Å². The Morgan fingerprint density at radius 3 is 2.76 bits per heavy atom. The number of primary sulfonamides is 1. The van der Waals surface area contributed by atoms with Gasteiger partial charge in [-0.1, -0.05) is 15.9 Å². The van der Waals surface area contributed by atoms with E-state index in [4.69, 9.17) is 9.88 Å². The van der Waals surface area contributed by atoms with E-state index in [1.807, 2.05) is 6.92 Å². The van der Waals surface area contributed by atoms with E-state index < -0.39 is 10.0 Å². The highest BCUT2D eigenvalue weighted by Gasteiger charge is 2.24. The minimum Gasteiger partial charge on any atom is -0.376 e. The van der Waals surface area contributed by atoms with Crippen molar-refractivity contribution in [1.29, 1.82) is 0 Å². The lowest BCUT2D eigenvalue weighted by Gasteiger charge is -2.20. The highest BCUT2D eigenvalue weighted by Crippen LogP contribution is 2.20. The second-order valence-corrected chi connectivity index (χ2v) is 7.51. The third-order valence-electron chi connectivity index (χ3n) is 3.34. The summed E-state index contributed by atoms with van der Waals surface area (Å²) in [6.45, 7) is 2.57. The minimum absolute atomic E-state index is 0.00110. The molecule has 8 heteroatoms. The molecule has 2 rings (SSSR count). The molecule has 2 atom stereocenters. The van der Waals surface area contributed by atoms with Gasteiger partial charge in [-0.15, -0.1) is 0 Å². The third-order valence-corrected chi connectivity index (χ3v) is 4.69. The fraction of sp³-hybridized carbons (Fsp3) is 0.462. The van der Waals surface area contributed by atoms with E-state index in [0.29, 0.717) is 11.1 Å². The zero-order valence-corrected chi connectivity index (χ0v) is 13.9. The van der Waals surface area contributed by atoms with Gasteiger partial charge in [0.1, 0.15) is 0 Å². The van der Waals surface area contributed by atoms with Gasteiger partial charge in [0.15, 0.2) is 0 Å². The van der Waals surface area contributed by atoms with E-state index in [-0.39, 0.29) is 28.5 Å². The topological polar surface area (TPSA) is 98.5 Å². The smallest absolute Gasteiger partial charge is 0.251 e. The number of carbonyl (C=O) groups is 1. The van der Waals surface area contributed by atoms with Crippen LogP contribution in [0.3, 0.4) is 0 Å². The summed E-state index contributed by atoms with van der Waals surface area (Å²) in [7, 11) is -3.86. The molecule has 0 aliphatic carbocycles. The monoisotopic (exact) mass is 376 g/mol. The van der Waals surface area contributed by atoms with Crippen LogP contribution in [0, 0.1) is 0 Å². The van der Waals surface area contributed by atoms with Crippen LogP contribution in [0.5, 0.6) is 0 Å². The number of nitrogens with two attached hydrogens (primary N) is 1. The predicted octanol–water partition coefficient (Wildman–Crippen LogP) is 1.39. The molecule has 1 saturated heterocycles. The molecule has 0 radical (unpaired) electrons. The van der Waals surface area contributed by atoms with Crippen molar-refractivity contribution in [1.82, 2.24) is 5.32 Å². The second-order valence-electron chi connectivity index (χ2n) is 5.03. The number of benzene rings is 1. The third kappa shape index (κ3) is 4.26. The van der Waals surface area contributed by atoms with Crippen LogP contribution >= 0.6 is 15.9 Å². The summed E-state index contributed by atoms with van der Waals surface area (Å²) in [5.41, 5.74) is 0.234. The average Bonchev–Trinajstić information content (AvgIpc) is 2.90. The van der Waals surface area contributed by atoms with Crippen molar-refractivity contribution in [3.05, 3.63) is 28.2 Å². The normalized spacial score (nSPS) is 20.2. The number of ether oxygens (including phenoxy) is 1. The Morgan fingerprint density at radius 2 is 2.19 bits per heavy atom. The Labute approximate surface area is 132 Å². The van der Waals surface area contributed by atoms with E-state index in [1.165, 1.54) is 12.1 Å². The molecule has 0 saturated carbocycles. The number of carbonyl (C=O) groups excluding carboxylic acids is 1. The van der Waals surface area contributed by atoms with Crippen LogP contribution in [0.1, 0.15) is 30.1 Å². The summed E-state index contributed by atoms with van der Waals surface area (Å²) < 4.78 is 28.8. The molecule has 0 spiro atoms. The van der Waals surface area contributed by atoms with E-state index >= 15 is 0 Å². The molecule has 1 aliphatic heterocycles. The number of sulfonamides is 1. The molecule has 1 fully saturated rings. The van der Waals surface area contributed by atoms with Gasteiger partial charge in [0.05, 0.1) is 17.0 Å². The fourth-order valence-electron chi connectivity index (χ4n) is 2.24. The number of halogens is 1. The van der Waals surface area contributed by atoms with Crippen molar-refractivity contribution in [2.45, 2.75) is 36.8 Å². The zero-order valence-electron chi connectivity index (χ0n) is 11.5. The van der Waals surface area contributed by atoms with Gasteiger partial charge in [-0.05, 0) is 38.0 Å². The number of hydrogen-bond donors (Lipinski definition) is 2. The number of amides is 1. The van der Waals surface area contributed by atoms with Crippen molar-refractivity contribution in [3.63, 3.8) is 0 Å². The molecule has 0 bridgehead atoms. The quantitative estimate of drug-likeness (QED) is 0.829. The SMILES string of the molecule is CC(NC(=O)c1cc(Br)cc(S(N)(=O)=O)c1)C1CCCO1. The van der Waals surface area contributed by atoms with Gasteiger partial charge in [0.25, 0.3) is 5.91 Å². The Bertz CT molecular complexity index is 642. The molecule has 116 valence electrons. The van der Waals surface area contributed by atoms with Crippen molar-refractivity contribution >= 4 is 31.9 Å². The highest BCUT2D eigenvalue weighted by molar-refractivity contribution is 9.10. The molecule has 2 unspecified atom stereocenters. The maximum Gasteiger partial charge on any atom is 0.251 e. The van der Waals surface area contributed by atoms with Crippen LogP contribution < -0.4 is 10.5 Å². The molecule has 1 heterocycles. The number of rotatable bonds is 4. The molecule has 1 aromatic rings. The molecule has 1 aliphatic rings. The van der Waals surface area contributed by atoms with Gasteiger partial charge in [0, 0.05) is 16.6 Å². The van der Waals surface area contributed by atoms with Crippen LogP contribution in [0.4, 0.5) is 0 Å². The molecule has 1 amide bonds. The van der Waals surface area contributed by atoms with Crippen LogP contribution in [0.25, 0.3) is 0 Å². The Hall–Kier alpha value is -0.960. The van der Waals surface area contributed by atoms with Crippen LogP contribution in [-0.4, -0.2) is 33.1 Å². The summed E-state index contributed by atoms with van der Waals surface area (Å²) >= 11 is 3.18. The molecular formula is C13H17BrN2O4S. The van der Waals surface area contributed by atoms with Gasteiger partial charge < -0.3 is 10.1 Å². The lowest BCUT2D eigenvalue weighted by atomic mass is 10.1. The predicted molar refractivity (Wildman–Crippen MR) is 81.4 cm³/mol. The van der Waals surface area contributed by atoms with E-state index in [0.717, 1.165) is 12.8 Å². The molecule has 6 nitrogen and oxygen atoms in total. The van der Waals surface area contributed by atoms with Crippen molar-refractivity contribution < 1.29 is 17.9 Å². The first-order valence-corrected chi connectivity index (χ1v) is 8.87. The summed E-state index contributed by atoms with van der Waals surface area (Å²) in [5.74, 6) is -0.357. The minimum atomic E-state index is -3.86. The lowest BCUT2D eigenvalue weighted by Crippen LogP contribution is -2.40. The van der Waals surface area contributed by atoms with E-state index in [9.17, 15) is 13.2 Å². The zero-order chi connectivity index (χ0) is 15.6. The summed E-state index contributed by atoms with van der Waals surface area (Å²) in [6, 6.07) is 4.02. The van der Waals surface area contributed by atoms with Gasteiger partial charge in [-0.25, -0.2) is 13.6 Å². The van der Waals surface area contributed by atoms with Gasteiger partial charge in [0.2, 0.25) is 10.0 Å². The van der Waals surface area contributed by atoms with Gasteiger partial charge in [-0.3, -0.25) is 4.79 Å². The maximum absolute atomic E-state index is 12.2. The van der Waals surface area contributed by atoms with Crippen molar-refractivity contribution in [3.8, 4) is 0 Å². The second kappa shape index (κ2) is 6.43. The highest BCUT2D eigenvalue weighted by atomic mass is 79.9. The fourth-order valence-corrected chi connectivity index (χ4v) is 3.47. The number of hydrogen-bond acceptors (Lipinski definition) is 4. The van der Waals surface area contributed by atoms with Crippen molar-refractivity contribution in [2.24, 2.45) is 5.14 Å². The van der Waals surface area contributed by atoms with Gasteiger partial charge in [-0.2, -0.15) is 0 Å². The largest absolute Gasteiger partial charge is 0.376 e. The molecule has 21 heavy (non-hydrogen) atoms. The van der Waals surface area contributed by atoms with Crippen molar-refractivity contribution in [2.75, 3.05) is 6.61 Å². The first-order chi connectivity index (χ1) is 9.77.